The van der Waals surface area contributed by atoms with Crippen molar-refractivity contribution in [2.75, 3.05) is 58.3 Å². The Bertz CT molecular complexity index is 922. The van der Waals surface area contributed by atoms with E-state index in [0.29, 0.717) is 63.9 Å². The highest BCUT2D eigenvalue weighted by molar-refractivity contribution is 8.15. The van der Waals surface area contributed by atoms with Crippen molar-refractivity contribution in [3.05, 3.63) is 30.1 Å². The number of hydrogen-bond acceptors (Lipinski definition) is 6. The second kappa shape index (κ2) is 8.52. The number of morpholine rings is 2. The van der Waals surface area contributed by atoms with E-state index in [1.54, 1.807) is 0 Å². The summed E-state index contributed by atoms with van der Waals surface area (Å²) in [4.78, 5) is 4.48. The third kappa shape index (κ3) is 4.00. The highest BCUT2D eigenvalue weighted by Crippen LogP contribution is 2.52. The quantitative estimate of drug-likeness (QED) is 0.541. The van der Waals surface area contributed by atoms with Crippen LogP contribution in [-0.2, 0) is 27.5 Å². The highest BCUT2D eigenvalue weighted by Gasteiger charge is 2.40. The summed E-state index contributed by atoms with van der Waals surface area (Å²) in [5.74, 6) is 0. The Morgan fingerprint density at radius 1 is 1.00 bits per heavy atom. The Balaban J connectivity index is 1.79. The van der Waals surface area contributed by atoms with Crippen LogP contribution in [0, 0.1) is 0 Å². The fraction of sp³-hybridized carbons (Fsp3) is 0.529. The normalized spacial score (nSPS) is 19.8. The van der Waals surface area contributed by atoms with E-state index >= 15 is 0 Å². The van der Waals surface area contributed by atoms with E-state index in [1.807, 2.05) is 0 Å². The molecule has 8 nitrogen and oxygen atoms in total. The van der Waals surface area contributed by atoms with Crippen LogP contribution in [0.25, 0.3) is 5.69 Å². The molecule has 4 rings (SSSR count). The standard InChI is InChI=1S/C17H22F3N6O2PS/c18-17(19,20)13-1-2-15(14(21)11-13)26-16(22-12-23-26)29(30,24-3-7-27-8-4-24)25-5-9-28-10-6-25/h1-2,11-12H,3-10,21H2. The van der Waals surface area contributed by atoms with E-state index in [2.05, 4.69) is 19.4 Å². The fourth-order valence-electron chi connectivity index (χ4n) is 3.61. The van der Waals surface area contributed by atoms with Gasteiger partial charge in [-0.2, -0.15) is 18.3 Å². The minimum Gasteiger partial charge on any atom is -0.397 e. The van der Waals surface area contributed by atoms with E-state index in [9.17, 15) is 13.2 Å². The molecule has 1 aromatic heterocycles. The molecule has 164 valence electrons. The molecule has 0 radical (unpaired) electrons. The number of nitrogens with zero attached hydrogens (tertiary/aromatic N) is 5. The SMILES string of the molecule is Nc1cc(C(F)(F)F)ccc1-n1ncnc1P(=S)(N1CCOCC1)N1CCOCC1. The molecule has 13 heteroatoms. The second-order valence-electron chi connectivity index (χ2n) is 6.92. The third-order valence-electron chi connectivity index (χ3n) is 5.12. The van der Waals surface area contributed by atoms with Gasteiger partial charge in [0.1, 0.15) is 12.7 Å². The van der Waals surface area contributed by atoms with Gasteiger partial charge in [0, 0.05) is 26.2 Å². The Morgan fingerprint density at radius 2 is 1.57 bits per heavy atom. The zero-order valence-corrected chi connectivity index (χ0v) is 17.8. The van der Waals surface area contributed by atoms with Crippen molar-refractivity contribution in [3.63, 3.8) is 0 Å². The Labute approximate surface area is 176 Å². The maximum Gasteiger partial charge on any atom is 0.416 e. The van der Waals surface area contributed by atoms with Gasteiger partial charge in [0.05, 0.1) is 43.4 Å². The average molecular weight is 462 g/mol. The van der Waals surface area contributed by atoms with Crippen LogP contribution in [0.5, 0.6) is 0 Å². The van der Waals surface area contributed by atoms with Gasteiger partial charge in [-0.05, 0) is 18.2 Å². The van der Waals surface area contributed by atoms with Crippen LogP contribution in [0.3, 0.4) is 0 Å². The summed E-state index contributed by atoms with van der Waals surface area (Å²) in [5.41, 5.74) is 5.99. The summed E-state index contributed by atoms with van der Waals surface area (Å²) in [5, 5.41) is 4.28. The molecular formula is C17H22F3N6O2PS. The zero-order valence-electron chi connectivity index (χ0n) is 16.1. The summed E-state index contributed by atoms with van der Waals surface area (Å²) in [6.07, 6.45) is -5.70. The average Bonchev–Trinajstić information content (AvgIpc) is 3.24. The van der Waals surface area contributed by atoms with Crippen molar-refractivity contribution in [3.8, 4) is 5.69 Å². The molecule has 1 aromatic carbocycles. The van der Waals surface area contributed by atoms with E-state index in [0.717, 1.165) is 12.1 Å². The first-order chi connectivity index (χ1) is 14.3. The molecule has 0 unspecified atom stereocenters. The van der Waals surface area contributed by atoms with E-state index in [4.69, 9.17) is 27.0 Å². The molecule has 3 heterocycles. The zero-order chi connectivity index (χ0) is 21.4. The van der Waals surface area contributed by atoms with Crippen LogP contribution < -0.4 is 11.3 Å². The van der Waals surface area contributed by atoms with Crippen LogP contribution in [0.15, 0.2) is 24.5 Å². The summed E-state index contributed by atoms with van der Waals surface area (Å²) in [7, 11) is 0. The van der Waals surface area contributed by atoms with Crippen LogP contribution in [0.2, 0.25) is 0 Å². The number of anilines is 1. The predicted molar refractivity (Wildman–Crippen MR) is 109 cm³/mol. The number of halogens is 3. The van der Waals surface area contributed by atoms with Crippen molar-refractivity contribution in [1.82, 2.24) is 24.1 Å². The van der Waals surface area contributed by atoms with Gasteiger partial charge in [0.25, 0.3) is 0 Å². The number of nitrogen functional groups attached to an aromatic ring is 1. The Morgan fingerprint density at radius 3 is 2.07 bits per heavy atom. The molecule has 2 fully saturated rings. The van der Waals surface area contributed by atoms with Gasteiger partial charge in [-0.3, -0.25) is 9.34 Å². The molecule has 2 aliphatic rings. The van der Waals surface area contributed by atoms with Gasteiger partial charge in [-0.15, -0.1) is 0 Å². The number of rotatable bonds is 4. The molecule has 2 saturated heterocycles. The molecular weight excluding hydrogens is 440 g/mol. The second-order valence-corrected chi connectivity index (χ2v) is 11.1. The molecule has 0 atom stereocenters. The molecule has 30 heavy (non-hydrogen) atoms. The van der Waals surface area contributed by atoms with Crippen LogP contribution >= 0.6 is 6.34 Å². The number of alkyl halides is 3. The highest BCUT2D eigenvalue weighted by atomic mass is 32.4. The van der Waals surface area contributed by atoms with Gasteiger partial charge < -0.3 is 15.2 Å². The molecule has 0 spiro atoms. The van der Waals surface area contributed by atoms with E-state index in [-0.39, 0.29) is 5.69 Å². The predicted octanol–water partition coefficient (Wildman–Crippen LogP) is 1.47. The minimum atomic E-state index is -4.48. The molecule has 0 aliphatic carbocycles. The first-order valence-corrected chi connectivity index (χ1v) is 12.2. The Kier molecular flexibility index (Phi) is 6.16. The van der Waals surface area contributed by atoms with Gasteiger partial charge in [0.2, 0.25) is 0 Å². The lowest BCUT2D eigenvalue weighted by Crippen LogP contribution is -2.47. The lowest BCUT2D eigenvalue weighted by molar-refractivity contribution is -0.137. The number of nitrogens with two attached hydrogens (primary N) is 1. The third-order valence-corrected chi connectivity index (χ3v) is 10.2. The molecule has 2 aliphatic heterocycles. The van der Waals surface area contributed by atoms with Crippen molar-refractivity contribution in [2.24, 2.45) is 0 Å². The first-order valence-electron chi connectivity index (χ1n) is 9.46. The topological polar surface area (TPSA) is 81.7 Å². The van der Waals surface area contributed by atoms with Crippen molar-refractivity contribution in [1.29, 1.82) is 0 Å². The van der Waals surface area contributed by atoms with Crippen molar-refractivity contribution >= 4 is 29.4 Å². The molecule has 2 N–H and O–H groups in total. The maximum absolute atomic E-state index is 13.1. The Hall–Kier alpha value is -1.56. The largest absolute Gasteiger partial charge is 0.416 e. The molecule has 0 bridgehead atoms. The van der Waals surface area contributed by atoms with Crippen molar-refractivity contribution in [2.45, 2.75) is 6.18 Å². The lowest BCUT2D eigenvalue weighted by Gasteiger charge is -2.44. The summed E-state index contributed by atoms with van der Waals surface area (Å²) in [6, 6.07) is 3.21. The van der Waals surface area contributed by atoms with Crippen LogP contribution in [-0.4, -0.2) is 76.7 Å². The molecule has 0 saturated carbocycles. The van der Waals surface area contributed by atoms with Gasteiger partial charge in [-0.25, -0.2) is 9.67 Å². The number of benzene rings is 1. The van der Waals surface area contributed by atoms with Crippen LogP contribution in [0.4, 0.5) is 18.9 Å². The van der Waals surface area contributed by atoms with E-state index < -0.39 is 18.1 Å². The number of ether oxygens (including phenoxy) is 2. The van der Waals surface area contributed by atoms with Crippen LogP contribution in [0.1, 0.15) is 5.56 Å². The fourth-order valence-corrected chi connectivity index (χ4v) is 7.85. The van der Waals surface area contributed by atoms with Gasteiger partial charge in [-0.1, -0.05) is 11.8 Å². The maximum atomic E-state index is 13.1. The van der Waals surface area contributed by atoms with Gasteiger partial charge in [0.15, 0.2) is 5.57 Å². The smallest absolute Gasteiger partial charge is 0.397 e. The molecule has 0 amide bonds. The summed E-state index contributed by atoms with van der Waals surface area (Å²) >= 11 is 6.29. The first kappa shape index (κ1) is 21.7. The minimum absolute atomic E-state index is 0.0397. The summed E-state index contributed by atoms with van der Waals surface area (Å²) < 4.78 is 56.0. The van der Waals surface area contributed by atoms with Gasteiger partial charge >= 0.3 is 6.18 Å². The number of hydrogen-bond donors (Lipinski definition) is 1. The van der Waals surface area contributed by atoms with E-state index in [1.165, 1.54) is 17.1 Å². The summed E-state index contributed by atoms with van der Waals surface area (Å²) in [6.45, 7) is 4.79. The number of aromatic nitrogens is 3. The van der Waals surface area contributed by atoms with Crippen molar-refractivity contribution < 1.29 is 22.6 Å². The molecule has 2 aromatic rings. The lowest BCUT2D eigenvalue weighted by atomic mass is 10.1. The monoisotopic (exact) mass is 462 g/mol.